The fourth-order valence-electron chi connectivity index (χ4n) is 2.32. The van der Waals surface area contributed by atoms with Gasteiger partial charge in [0.15, 0.2) is 17.9 Å². The highest BCUT2D eigenvalue weighted by Gasteiger charge is 2.17. The number of carbonyl (C=O) groups excluding carboxylic acids is 1. The zero-order valence-electron chi connectivity index (χ0n) is 12.7. The molecule has 0 saturated heterocycles. The average molecular weight is 379 g/mol. The number of ketones is 1. The summed E-state index contributed by atoms with van der Waals surface area (Å²) in [7, 11) is 3.36. The van der Waals surface area contributed by atoms with Crippen LogP contribution in [0.5, 0.6) is 5.75 Å². The van der Waals surface area contributed by atoms with Crippen LogP contribution in [0.2, 0.25) is 0 Å². The van der Waals surface area contributed by atoms with Gasteiger partial charge in [-0.2, -0.15) is 0 Å². The number of Topliss-reactive ketones (excluding diaryl/α,β-unsaturated/α-hetero) is 1. The number of rotatable bonds is 4. The first kappa shape index (κ1) is 17.0. The second kappa shape index (κ2) is 6.78. The van der Waals surface area contributed by atoms with Crippen molar-refractivity contribution in [3.63, 3.8) is 0 Å². The van der Waals surface area contributed by atoms with Crippen molar-refractivity contribution in [2.45, 2.75) is 6.54 Å². The van der Waals surface area contributed by atoms with Crippen molar-refractivity contribution in [1.82, 2.24) is 4.57 Å². The van der Waals surface area contributed by atoms with Crippen molar-refractivity contribution >= 4 is 16.8 Å². The summed E-state index contributed by atoms with van der Waals surface area (Å²) in [5.41, 5.74) is -0.269. The SMILES string of the molecule is COc1cccc2cc(C(=O)Cn3cc[n+](C)c3)c(=O)oc12.[Br-]. The molecule has 0 spiro atoms. The molecule has 6 nitrogen and oxygen atoms in total. The molecule has 2 aromatic heterocycles. The van der Waals surface area contributed by atoms with Gasteiger partial charge in [-0.1, -0.05) is 12.1 Å². The summed E-state index contributed by atoms with van der Waals surface area (Å²) >= 11 is 0. The van der Waals surface area contributed by atoms with Gasteiger partial charge < -0.3 is 26.1 Å². The number of hydrogen-bond acceptors (Lipinski definition) is 4. The van der Waals surface area contributed by atoms with E-state index in [2.05, 4.69) is 0 Å². The highest BCUT2D eigenvalue weighted by molar-refractivity contribution is 5.98. The number of aryl methyl sites for hydroxylation is 1. The fourth-order valence-corrected chi connectivity index (χ4v) is 2.32. The highest BCUT2D eigenvalue weighted by Crippen LogP contribution is 2.24. The van der Waals surface area contributed by atoms with E-state index in [9.17, 15) is 9.59 Å². The maximum absolute atomic E-state index is 12.3. The number of fused-ring (bicyclic) bond motifs is 1. The smallest absolute Gasteiger partial charge is 0.347 e. The van der Waals surface area contributed by atoms with Crippen molar-refractivity contribution in [1.29, 1.82) is 0 Å². The fraction of sp³-hybridized carbons (Fsp3) is 0.188. The number of benzene rings is 1. The molecular formula is C16H15BrN2O4. The van der Waals surface area contributed by atoms with Gasteiger partial charge >= 0.3 is 5.63 Å². The Balaban J connectivity index is 0.00000192. The third kappa shape index (κ3) is 3.34. The number of methoxy groups -OCH3 is 1. The molecule has 1 aromatic carbocycles. The Kier molecular flexibility index (Phi) is 5.00. The molecule has 0 saturated carbocycles. The zero-order valence-corrected chi connectivity index (χ0v) is 14.2. The third-order valence-electron chi connectivity index (χ3n) is 3.39. The van der Waals surface area contributed by atoms with E-state index >= 15 is 0 Å². The summed E-state index contributed by atoms with van der Waals surface area (Å²) in [4.78, 5) is 24.4. The summed E-state index contributed by atoms with van der Waals surface area (Å²) in [6.45, 7) is 0.0844. The average Bonchev–Trinajstić information content (AvgIpc) is 2.91. The molecule has 2 heterocycles. The van der Waals surface area contributed by atoms with Crippen LogP contribution in [0.4, 0.5) is 0 Å². The minimum Gasteiger partial charge on any atom is -1.00 e. The molecule has 3 aromatic rings. The van der Waals surface area contributed by atoms with Gasteiger partial charge in [0.2, 0.25) is 12.1 Å². The lowest BCUT2D eigenvalue weighted by Gasteiger charge is -2.04. The number of carbonyl (C=O) groups is 1. The number of hydrogen-bond donors (Lipinski definition) is 0. The molecule has 0 aliphatic rings. The van der Waals surface area contributed by atoms with Gasteiger partial charge in [0.05, 0.1) is 14.2 Å². The van der Waals surface area contributed by atoms with Gasteiger partial charge in [0.25, 0.3) is 0 Å². The molecule has 0 atom stereocenters. The van der Waals surface area contributed by atoms with Gasteiger partial charge in [-0.05, 0) is 12.1 Å². The van der Waals surface area contributed by atoms with Gasteiger partial charge in [-0.25, -0.2) is 13.9 Å². The Hall–Kier alpha value is -2.41. The van der Waals surface area contributed by atoms with E-state index in [1.807, 2.05) is 17.8 Å². The van der Waals surface area contributed by atoms with Gasteiger partial charge in [-0.3, -0.25) is 4.79 Å². The van der Waals surface area contributed by atoms with E-state index in [0.29, 0.717) is 16.7 Å². The summed E-state index contributed by atoms with van der Waals surface area (Å²) in [6, 6.07) is 6.80. The number of halogens is 1. The lowest BCUT2D eigenvalue weighted by Crippen LogP contribution is -3.00. The van der Waals surface area contributed by atoms with Crippen molar-refractivity contribution in [2.75, 3.05) is 7.11 Å². The number of imidazole rings is 1. The standard InChI is InChI=1S/C16H15N2O4.BrH/c1-17-6-7-18(10-17)9-13(19)12-8-11-4-3-5-14(21-2)15(11)22-16(12)20;/h3-8,10H,9H2,1-2H3;1H/q+1;/p-1. The van der Waals surface area contributed by atoms with Crippen LogP contribution in [0.25, 0.3) is 11.0 Å². The van der Waals surface area contributed by atoms with Crippen LogP contribution >= 0.6 is 0 Å². The van der Waals surface area contributed by atoms with Crippen LogP contribution in [0, 0.1) is 0 Å². The minimum atomic E-state index is -0.654. The Morgan fingerprint density at radius 2 is 2.17 bits per heavy atom. The molecule has 0 amide bonds. The Bertz CT molecular complexity index is 914. The molecule has 0 bridgehead atoms. The molecule has 0 radical (unpaired) electrons. The van der Waals surface area contributed by atoms with Crippen LogP contribution in [0.15, 0.2) is 52.2 Å². The Morgan fingerprint density at radius 3 is 2.83 bits per heavy atom. The monoisotopic (exact) mass is 378 g/mol. The van der Waals surface area contributed by atoms with E-state index in [1.54, 1.807) is 41.4 Å². The second-order valence-electron chi connectivity index (χ2n) is 5.00. The van der Waals surface area contributed by atoms with E-state index in [0.717, 1.165) is 0 Å². The Labute approximate surface area is 142 Å². The molecule has 120 valence electrons. The van der Waals surface area contributed by atoms with Crippen LogP contribution in [-0.2, 0) is 13.6 Å². The van der Waals surface area contributed by atoms with Crippen LogP contribution in [-0.4, -0.2) is 17.5 Å². The van der Waals surface area contributed by atoms with E-state index in [1.165, 1.54) is 7.11 Å². The predicted molar refractivity (Wildman–Crippen MR) is 79.0 cm³/mol. The first-order chi connectivity index (χ1) is 10.6. The summed E-state index contributed by atoms with van der Waals surface area (Å²) in [6.07, 6.45) is 5.36. The van der Waals surface area contributed by atoms with Gasteiger partial charge in [-0.15, -0.1) is 0 Å². The molecular weight excluding hydrogens is 364 g/mol. The summed E-state index contributed by atoms with van der Waals surface area (Å²) in [5.74, 6) is 0.167. The van der Waals surface area contributed by atoms with Gasteiger partial charge in [0.1, 0.15) is 18.0 Å². The Morgan fingerprint density at radius 1 is 1.39 bits per heavy atom. The van der Waals surface area contributed by atoms with E-state index in [-0.39, 0.29) is 34.9 Å². The number of nitrogens with zero attached hydrogens (tertiary/aromatic N) is 2. The van der Waals surface area contributed by atoms with Crippen molar-refractivity contribution in [3.05, 3.63) is 59.0 Å². The maximum Gasteiger partial charge on any atom is 0.347 e. The summed E-state index contributed by atoms with van der Waals surface area (Å²) in [5, 5.41) is 0.653. The minimum absolute atomic E-state index is 0. The van der Waals surface area contributed by atoms with Crippen LogP contribution in [0.1, 0.15) is 10.4 Å². The van der Waals surface area contributed by atoms with E-state index in [4.69, 9.17) is 9.15 Å². The van der Waals surface area contributed by atoms with Crippen LogP contribution < -0.4 is 31.9 Å². The lowest BCUT2D eigenvalue weighted by molar-refractivity contribution is -0.671. The lowest BCUT2D eigenvalue weighted by atomic mass is 10.1. The molecule has 0 unspecified atom stereocenters. The van der Waals surface area contributed by atoms with Gasteiger partial charge in [0, 0.05) is 5.39 Å². The predicted octanol–water partition coefficient (Wildman–Crippen LogP) is -1.69. The van der Waals surface area contributed by atoms with E-state index < -0.39 is 5.63 Å². The number of ether oxygens (including phenoxy) is 1. The van der Waals surface area contributed by atoms with Crippen molar-refractivity contribution in [3.8, 4) is 5.75 Å². The van der Waals surface area contributed by atoms with Crippen molar-refractivity contribution < 1.29 is 35.5 Å². The van der Waals surface area contributed by atoms with Crippen molar-refractivity contribution in [2.24, 2.45) is 7.05 Å². The normalized spacial score (nSPS) is 10.3. The summed E-state index contributed by atoms with van der Waals surface area (Å²) < 4.78 is 13.9. The molecule has 0 aliphatic carbocycles. The quantitative estimate of drug-likeness (QED) is 0.309. The zero-order chi connectivity index (χ0) is 15.7. The van der Waals surface area contributed by atoms with Crippen LogP contribution in [0.3, 0.4) is 0 Å². The molecule has 0 N–H and O–H groups in total. The molecule has 3 rings (SSSR count). The first-order valence-electron chi connectivity index (χ1n) is 6.73. The topological polar surface area (TPSA) is 65.3 Å². The number of aromatic nitrogens is 2. The molecule has 0 fully saturated rings. The first-order valence-corrected chi connectivity index (χ1v) is 6.73. The molecule has 0 aliphatic heterocycles. The highest BCUT2D eigenvalue weighted by atomic mass is 79.9. The second-order valence-corrected chi connectivity index (χ2v) is 5.00. The molecule has 23 heavy (non-hydrogen) atoms. The largest absolute Gasteiger partial charge is 1.00 e. The molecule has 7 heteroatoms. The maximum atomic E-state index is 12.3. The number of para-hydroxylation sites is 1. The third-order valence-corrected chi connectivity index (χ3v) is 3.39.